The summed E-state index contributed by atoms with van der Waals surface area (Å²) in [6, 6.07) is 6.20. The number of benzene rings is 1. The second-order valence-electron chi connectivity index (χ2n) is 2.64. The maximum Gasteiger partial charge on any atom is 0.307 e. The fourth-order valence-corrected chi connectivity index (χ4v) is 2.41. The molecule has 1 radical (unpaired) electrons. The van der Waals surface area contributed by atoms with Crippen LogP contribution in [0.4, 0.5) is 0 Å². The van der Waals surface area contributed by atoms with Crippen molar-refractivity contribution in [1.29, 1.82) is 0 Å². The van der Waals surface area contributed by atoms with Gasteiger partial charge in [0.05, 0.1) is 0 Å². The summed E-state index contributed by atoms with van der Waals surface area (Å²) in [7, 11) is -1.31. The van der Waals surface area contributed by atoms with Gasteiger partial charge in [-0.1, -0.05) is 29.3 Å². The van der Waals surface area contributed by atoms with Crippen LogP contribution in [0.5, 0.6) is 0 Å². The molecule has 0 nitrogen and oxygen atoms in total. The van der Waals surface area contributed by atoms with Crippen molar-refractivity contribution < 1.29 is 0 Å². The highest BCUT2D eigenvalue weighted by atomic mass is 35.7. The van der Waals surface area contributed by atoms with E-state index in [1.54, 1.807) is 0 Å². The van der Waals surface area contributed by atoms with Gasteiger partial charge in [0.25, 0.3) is 0 Å². The highest BCUT2D eigenvalue weighted by molar-refractivity contribution is 7.39. The van der Waals surface area contributed by atoms with Gasteiger partial charge in [0.15, 0.2) is 0 Å². The molecule has 1 aromatic rings. The van der Waals surface area contributed by atoms with Crippen LogP contribution in [0.2, 0.25) is 0 Å². The number of hydrogen-bond donors (Lipinski definition) is 0. The molecule has 0 fully saturated rings. The summed E-state index contributed by atoms with van der Waals surface area (Å²) < 4.78 is 0. The van der Waals surface area contributed by atoms with Gasteiger partial charge in [-0.05, 0) is 19.0 Å². The van der Waals surface area contributed by atoms with Gasteiger partial charge in [-0.25, -0.2) is 0 Å². The number of halogens is 2. The Labute approximate surface area is 78.2 Å². The SMILES string of the molecule is Cc1cc(C)cc([Si](Cl)Cl)c1. The summed E-state index contributed by atoms with van der Waals surface area (Å²) in [4.78, 5) is 0. The third-order valence-corrected chi connectivity index (χ3v) is 3.47. The molecule has 0 aliphatic heterocycles. The van der Waals surface area contributed by atoms with Crippen LogP contribution in [-0.4, -0.2) is 7.42 Å². The fraction of sp³-hybridized carbons (Fsp3) is 0.250. The van der Waals surface area contributed by atoms with E-state index in [0.717, 1.165) is 5.19 Å². The van der Waals surface area contributed by atoms with Crippen LogP contribution in [0.3, 0.4) is 0 Å². The molecule has 0 N–H and O–H groups in total. The topological polar surface area (TPSA) is 0 Å². The average molecular weight is 204 g/mol. The minimum absolute atomic E-state index is 1.08. The molecule has 0 aliphatic carbocycles. The lowest BCUT2D eigenvalue weighted by atomic mass is 10.2. The second-order valence-corrected chi connectivity index (χ2v) is 6.58. The average Bonchev–Trinajstić information content (AvgIpc) is 1.85. The molecule has 0 bridgehead atoms. The van der Waals surface area contributed by atoms with Crippen LogP contribution >= 0.6 is 22.2 Å². The van der Waals surface area contributed by atoms with Crippen LogP contribution in [0, 0.1) is 13.8 Å². The Morgan fingerprint density at radius 2 is 1.45 bits per heavy atom. The van der Waals surface area contributed by atoms with E-state index in [1.807, 2.05) is 12.1 Å². The van der Waals surface area contributed by atoms with Crippen LogP contribution in [0.25, 0.3) is 0 Å². The molecule has 0 unspecified atom stereocenters. The Kier molecular flexibility index (Phi) is 2.99. The maximum atomic E-state index is 5.81. The van der Waals surface area contributed by atoms with Crippen LogP contribution in [0.15, 0.2) is 18.2 Å². The van der Waals surface area contributed by atoms with Crippen molar-refractivity contribution in [2.45, 2.75) is 13.8 Å². The van der Waals surface area contributed by atoms with E-state index in [1.165, 1.54) is 11.1 Å². The molecular weight excluding hydrogens is 195 g/mol. The molecule has 0 saturated heterocycles. The Bertz CT molecular complexity index is 238. The van der Waals surface area contributed by atoms with Crippen molar-refractivity contribution in [2.24, 2.45) is 0 Å². The third-order valence-electron chi connectivity index (χ3n) is 1.44. The van der Waals surface area contributed by atoms with Gasteiger partial charge in [0.2, 0.25) is 0 Å². The lowest BCUT2D eigenvalue weighted by Gasteiger charge is -2.02. The van der Waals surface area contributed by atoms with E-state index in [0.29, 0.717) is 0 Å². The molecular formula is C8H9Cl2Si. The highest BCUT2D eigenvalue weighted by Crippen LogP contribution is 2.04. The van der Waals surface area contributed by atoms with Gasteiger partial charge in [-0.3, -0.25) is 0 Å². The van der Waals surface area contributed by atoms with E-state index < -0.39 is 7.42 Å². The maximum absolute atomic E-state index is 5.81. The molecule has 1 rings (SSSR count). The first-order valence-electron chi connectivity index (χ1n) is 3.36. The lowest BCUT2D eigenvalue weighted by molar-refractivity contribution is 1.40. The minimum atomic E-state index is -1.31. The Morgan fingerprint density at radius 1 is 1.00 bits per heavy atom. The van der Waals surface area contributed by atoms with Crippen molar-refractivity contribution in [1.82, 2.24) is 0 Å². The minimum Gasteiger partial charge on any atom is -0.140 e. The predicted molar refractivity (Wildman–Crippen MR) is 53.0 cm³/mol. The zero-order valence-electron chi connectivity index (χ0n) is 6.49. The quantitative estimate of drug-likeness (QED) is 0.487. The standard InChI is InChI=1S/C8H9Cl2Si/c1-6-3-7(2)5-8(4-6)11(9)10/h3-5H,1-2H3. The first-order chi connectivity index (χ1) is 5.09. The van der Waals surface area contributed by atoms with E-state index in [9.17, 15) is 0 Å². The molecule has 1 aromatic carbocycles. The summed E-state index contributed by atoms with van der Waals surface area (Å²) in [6.45, 7) is 4.10. The highest BCUT2D eigenvalue weighted by Gasteiger charge is 2.07. The molecule has 59 valence electrons. The summed E-state index contributed by atoms with van der Waals surface area (Å²) in [6.07, 6.45) is 0. The summed E-state index contributed by atoms with van der Waals surface area (Å²) in [5.41, 5.74) is 2.45. The largest absolute Gasteiger partial charge is 0.307 e. The Hall–Kier alpha value is 0.0169. The predicted octanol–water partition coefficient (Wildman–Crippen LogP) is 2.48. The van der Waals surface area contributed by atoms with Crippen molar-refractivity contribution in [3.63, 3.8) is 0 Å². The Morgan fingerprint density at radius 3 is 1.82 bits per heavy atom. The molecule has 0 atom stereocenters. The molecule has 0 saturated carbocycles. The molecule has 0 aromatic heterocycles. The fourth-order valence-electron chi connectivity index (χ4n) is 1.08. The summed E-state index contributed by atoms with van der Waals surface area (Å²) >= 11 is 11.6. The molecule has 0 amide bonds. The van der Waals surface area contributed by atoms with Gasteiger partial charge in [0.1, 0.15) is 0 Å². The van der Waals surface area contributed by atoms with Gasteiger partial charge in [-0.15, -0.1) is 22.2 Å². The molecule has 0 aliphatic rings. The summed E-state index contributed by atoms with van der Waals surface area (Å²) in [5, 5.41) is 1.08. The van der Waals surface area contributed by atoms with E-state index in [2.05, 4.69) is 19.9 Å². The molecule has 11 heavy (non-hydrogen) atoms. The monoisotopic (exact) mass is 203 g/mol. The van der Waals surface area contributed by atoms with Crippen molar-refractivity contribution in [3.05, 3.63) is 29.3 Å². The third kappa shape index (κ3) is 2.51. The van der Waals surface area contributed by atoms with Crippen LogP contribution < -0.4 is 5.19 Å². The van der Waals surface area contributed by atoms with Crippen molar-refractivity contribution in [2.75, 3.05) is 0 Å². The zero-order chi connectivity index (χ0) is 8.43. The molecule has 0 spiro atoms. The first kappa shape index (κ1) is 9.11. The lowest BCUT2D eigenvalue weighted by Crippen LogP contribution is -2.18. The molecule has 0 heterocycles. The van der Waals surface area contributed by atoms with Gasteiger partial charge >= 0.3 is 7.42 Å². The normalized spacial score (nSPS) is 10.6. The van der Waals surface area contributed by atoms with E-state index in [-0.39, 0.29) is 0 Å². The number of rotatable bonds is 1. The zero-order valence-corrected chi connectivity index (χ0v) is 9.00. The second kappa shape index (κ2) is 3.61. The Balaban J connectivity index is 3.08. The van der Waals surface area contributed by atoms with Crippen LogP contribution in [0.1, 0.15) is 11.1 Å². The van der Waals surface area contributed by atoms with E-state index in [4.69, 9.17) is 22.2 Å². The number of aryl methyl sites for hydroxylation is 2. The first-order valence-corrected chi connectivity index (χ1v) is 6.88. The molecule has 3 heteroatoms. The summed E-state index contributed by atoms with van der Waals surface area (Å²) in [5.74, 6) is 0. The van der Waals surface area contributed by atoms with Gasteiger partial charge in [0, 0.05) is 0 Å². The van der Waals surface area contributed by atoms with Crippen LogP contribution in [-0.2, 0) is 0 Å². The van der Waals surface area contributed by atoms with E-state index >= 15 is 0 Å². The smallest absolute Gasteiger partial charge is 0.140 e. The van der Waals surface area contributed by atoms with Gasteiger partial charge in [-0.2, -0.15) is 0 Å². The van der Waals surface area contributed by atoms with Crippen molar-refractivity contribution >= 4 is 34.8 Å². The van der Waals surface area contributed by atoms with Crippen molar-refractivity contribution in [3.8, 4) is 0 Å². The number of hydrogen-bond acceptors (Lipinski definition) is 0. The van der Waals surface area contributed by atoms with Gasteiger partial charge < -0.3 is 0 Å².